The number of aromatic hydroxyl groups is 1. The number of carbonyl (C=O) groups is 5. The number of carbonyl (C=O) groups excluding carboxylic acids is 4. The molecular weight excluding hydrogens is 506 g/mol. The predicted molar refractivity (Wildman–Crippen MR) is 140 cm³/mol. The van der Waals surface area contributed by atoms with Gasteiger partial charge < -0.3 is 37.2 Å². The number of benzene rings is 2. The van der Waals surface area contributed by atoms with Crippen LogP contribution in [0.25, 0.3) is 0 Å². The summed E-state index contributed by atoms with van der Waals surface area (Å²) in [4.78, 5) is 62.2. The number of aliphatic carboxylic acids is 1. The second kappa shape index (κ2) is 13.9. The average Bonchev–Trinajstić information content (AvgIpc) is 2.90. The average molecular weight is 540 g/mol. The lowest BCUT2D eigenvalue weighted by Gasteiger charge is -2.22. The van der Waals surface area contributed by atoms with Crippen molar-refractivity contribution in [2.75, 3.05) is 6.54 Å². The fourth-order valence-corrected chi connectivity index (χ4v) is 4.20. The summed E-state index contributed by atoms with van der Waals surface area (Å²) < 4.78 is 0. The highest BCUT2D eigenvalue weighted by molar-refractivity contribution is 5.89. The molecule has 1 aliphatic heterocycles. The third kappa shape index (κ3) is 9.42. The van der Waals surface area contributed by atoms with Gasteiger partial charge in [0.15, 0.2) is 0 Å². The molecule has 1 saturated heterocycles. The molecule has 0 bridgehead atoms. The molecule has 12 heteroatoms. The summed E-state index contributed by atoms with van der Waals surface area (Å²) in [6.45, 7) is -0.0789. The quantitative estimate of drug-likeness (QED) is 0.243. The van der Waals surface area contributed by atoms with E-state index in [1.807, 2.05) is 0 Å². The van der Waals surface area contributed by atoms with E-state index in [4.69, 9.17) is 10.8 Å². The molecule has 1 aliphatic rings. The van der Waals surface area contributed by atoms with Crippen LogP contribution in [0.1, 0.15) is 36.0 Å². The molecule has 2 aromatic carbocycles. The van der Waals surface area contributed by atoms with E-state index in [9.17, 15) is 29.1 Å². The van der Waals surface area contributed by atoms with Gasteiger partial charge in [-0.25, -0.2) is 0 Å². The Morgan fingerprint density at radius 3 is 2.36 bits per heavy atom. The van der Waals surface area contributed by atoms with Gasteiger partial charge in [-0.3, -0.25) is 24.0 Å². The minimum Gasteiger partial charge on any atom is -0.508 e. The predicted octanol–water partition coefficient (Wildman–Crippen LogP) is -0.525. The van der Waals surface area contributed by atoms with E-state index < -0.39 is 47.7 Å². The van der Waals surface area contributed by atoms with Crippen molar-refractivity contribution in [2.45, 2.75) is 56.8 Å². The summed E-state index contributed by atoms with van der Waals surface area (Å²) in [7, 11) is 0. The minimum atomic E-state index is -1.05. The largest absolute Gasteiger partial charge is 0.508 e. The van der Waals surface area contributed by atoms with Crippen LogP contribution in [0.5, 0.6) is 5.75 Å². The number of carboxylic acid groups (broad SMARTS) is 1. The topological polar surface area (TPSA) is 200 Å². The van der Waals surface area contributed by atoms with Gasteiger partial charge in [0, 0.05) is 32.0 Å². The Labute approximate surface area is 225 Å². The van der Waals surface area contributed by atoms with Crippen LogP contribution in [0.3, 0.4) is 0 Å². The van der Waals surface area contributed by atoms with Gasteiger partial charge in [-0.1, -0.05) is 36.4 Å². The highest BCUT2D eigenvalue weighted by atomic mass is 16.4. The molecular formula is C27H33N5O7. The van der Waals surface area contributed by atoms with Crippen molar-refractivity contribution in [1.29, 1.82) is 0 Å². The second-order valence-electron chi connectivity index (χ2n) is 9.41. The van der Waals surface area contributed by atoms with Gasteiger partial charge in [-0.2, -0.15) is 0 Å². The number of nitrogens with one attached hydrogen (secondary N) is 4. The fourth-order valence-electron chi connectivity index (χ4n) is 4.20. The van der Waals surface area contributed by atoms with Crippen LogP contribution in [0.15, 0.2) is 48.5 Å². The highest BCUT2D eigenvalue weighted by Gasteiger charge is 2.27. The van der Waals surface area contributed by atoms with E-state index in [-0.39, 0.29) is 50.9 Å². The lowest BCUT2D eigenvalue weighted by atomic mass is 10.0. The first-order valence-electron chi connectivity index (χ1n) is 12.6. The van der Waals surface area contributed by atoms with Crippen molar-refractivity contribution in [1.82, 2.24) is 21.3 Å². The van der Waals surface area contributed by atoms with Crippen LogP contribution in [0.4, 0.5) is 0 Å². The van der Waals surface area contributed by atoms with E-state index in [0.717, 1.165) is 5.56 Å². The maximum Gasteiger partial charge on any atom is 0.307 e. The summed E-state index contributed by atoms with van der Waals surface area (Å²) >= 11 is 0. The van der Waals surface area contributed by atoms with Gasteiger partial charge >= 0.3 is 5.97 Å². The molecule has 1 fully saturated rings. The normalized spacial score (nSPS) is 20.7. The molecule has 0 aromatic heterocycles. The van der Waals surface area contributed by atoms with Crippen LogP contribution in [-0.4, -0.2) is 64.5 Å². The molecule has 39 heavy (non-hydrogen) atoms. The third-order valence-corrected chi connectivity index (χ3v) is 6.28. The van der Waals surface area contributed by atoms with Gasteiger partial charge in [-0.15, -0.1) is 0 Å². The van der Waals surface area contributed by atoms with Gasteiger partial charge in [0.2, 0.25) is 23.6 Å². The molecule has 0 aliphatic carbocycles. The first-order valence-corrected chi connectivity index (χ1v) is 12.6. The number of phenols is 1. The first-order chi connectivity index (χ1) is 18.6. The van der Waals surface area contributed by atoms with Gasteiger partial charge in [0.1, 0.15) is 17.8 Å². The summed E-state index contributed by atoms with van der Waals surface area (Å²) in [6, 6.07) is 10.4. The van der Waals surface area contributed by atoms with Crippen molar-refractivity contribution >= 4 is 29.6 Å². The van der Waals surface area contributed by atoms with E-state index >= 15 is 0 Å². The molecule has 0 unspecified atom stereocenters. The molecule has 3 rings (SSSR count). The zero-order valence-corrected chi connectivity index (χ0v) is 21.3. The summed E-state index contributed by atoms with van der Waals surface area (Å²) in [6.07, 6.45) is -0.205. The Morgan fingerprint density at radius 2 is 1.67 bits per heavy atom. The number of rotatable bonds is 7. The van der Waals surface area contributed by atoms with Crippen molar-refractivity contribution in [3.8, 4) is 5.75 Å². The molecule has 2 aromatic rings. The zero-order valence-electron chi connectivity index (χ0n) is 21.3. The summed E-state index contributed by atoms with van der Waals surface area (Å²) in [5, 5.41) is 29.4. The van der Waals surface area contributed by atoms with Crippen molar-refractivity contribution in [3.63, 3.8) is 0 Å². The molecule has 8 N–H and O–H groups in total. The molecule has 12 nitrogen and oxygen atoms in total. The zero-order chi connectivity index (χ0) is 28.4. The number of amides is 4. The number of carboxylic acids is 1. The minimum absolute atomic E-state index is 0.000574. The standard InChI is InChI=1S/C27H33N5O7/c28-21-15-29-23(34)10-9-22(27(39)30-14-18-4-2-1-3-17(18)12-25(36)37)32-24(35)13-19(31-26(21)38)11-16-5-7-20(33)8-6-16/h1-8,19,21-22,33H,9-15,28H2,(H,29,34)(H,30,39)(H,31,38)(H,32,35)(H,36,37)/t19-,21+,22-/m0/s1. The first kappa shape index (κ1) is 29.1. The number of hydrogen-bond acceptors (Lipinski definition) is 7. The molecule has 0 spiro atoms. The Morgan fingerprint density at radius 1 is 0.974 bits per heavy atom. The fraction of sp³-hybridized carbons (Fsp3) is 0.370. The summed E-state index contributed by atoms with van der Waals surface area (Å²) in [5.74, 6) is -2.95. The lowest BCUT2D eigenvalue weighted by molar-refractivity contribution is -0.136. The Bertz CT molecular complexity index is 1200. The van der Waals surface area contributed by atoms with Crippen LogP contribution in [0.2, 0.25) is 0 Å². The van der Waals surface area contributed by atoms with E-state index in [2.05, 4.69) is 21.3 Å². The number of hydrogen-bond donors (Lipinski definition) is 7. The third-order valence-electron chi connectivity index (χ3n) is 6.28. The molecule has 3 atom stereocenters. The van der Waals surface area contributed by atoms with Gasteiger partial charge in [0.05, 0.1) is 6.42 Å². The smallest absolute Gasteiger partial charge is 0.307 e. The number of phenolic OH excluding ortho intramolecular Hbond substituents is 1. The van der Waals surface area contributed by atoms with Gasteiger partial charge in [0.25, 0.3) is 0 Å². The van der Waals surface area contributed by atoms with Crippen molar-refractivity contribution < 1.29 is 34.2 Å². The van der Waals surface area contributed by atoms with Crippen LogP contribution >= 0.6 is 0 Å². The van der Waals surface area contributed by atoms with Gasteiger partial charge in [-0.05, 0) is 41.7 Å². The van der Waals surface area contributed by atoms with Crippen LogP contribution in [0, 0.1) is 0 Å². The van der Waals surface area contributed by atoms with Crippen LogP contribution < -0.4 is 27.0 Å². The molecule has 0 radical (unpaired) electrons. The molecule has 4 amide bonds. The van der Waals surface area contributed by atoms with Crippen molar-refractivity contribution in [2.24, 2.45) is 5.73 Å². The maximum absolute atomic E-state index is 13.1. The number of nitrogens with two attached hydrogens (primary N) is 1. The molecule has 0 saturated carbocycles. The maximum atomic E-state index is 13.1. The Hall–Kier alpha value is -4.45. The molecule has 1 heterocycles. The van der Waals surface area contributed by atoms with E-state index in [1.165, 1.54) is 12.1 Å². The van der Waals surface area contributed by atoms with E-state index in [1.54, 1.807) is 36.4 Å². The molecule has 208 valence electrons. The highest BCUT2D eigenvalue weighted by Crippen LogP contribution is 2.14. The summed E-state index contributed by atoms with van der Waals surface area (Å²) in [5.41, 5.74) is 7.84. The van der Waals surface area contributed by atoms with Crippen LogP contribution in [-0.2, 0) is 43.4 Å². The SMILES string of the molecule is N[C@@H]1CNC(=O)CC[C@@H](C(=O)NCc2ccccc2CC(=O)O)NC(=O)C[C@H](Cc2ccc(O)cc2)NC1=O. The Kier molecular flexibility index (Phi) is 10.4. The monoisotopic (exact) mass is 539 g/mol. The second-order valence-corrected chi connectivity index (χ2v) is 9.41. The van der Waals surface area contributed by atoms with E-state index in [0.29, 0.717) is 11.1 Å². The lowest BCUT2D eigenvalue weighted by Crippen LogP contribution is -2.52. The Balaban J connectivity index is 1.74. The van der Waals surface area contributed by atoms with Crippen molar-refractivity contribution in [3.05, 3.63) is 65.2 Å².